The lowest BCUT2D eigenvalue weighted by Gasteiger charge is -2.35. The zero-order valence-corrected chi connectivity index (χ0v) is 19.3. The van der Waals surface area contributed by atoms with Crippen molar-refractivity contribution in [1.82, 2.24) is 15.1 Å². The van der Waals surface area contributed by atoms with Crippen LogP contribution in [0.25, 0.3) is 22.0 Å². The van der Waals surface area contributed by atoms with E-state index < -0.39 is 0 Å². The lowest BCUT2D eigenvalue weighted by Crippen LogP contribution is -2.49. The molecular weight excluding hydrogens is 428 g/mol. The standard InChI is InChI=1S/C27H26N4O3/c1-33-24-11-9-22(18-25(24)34-2)27(32)31-15-13-30(14-16-31)26-12-10-23(28-29-26)21-8-7-19-5-3-4-6-20(19)17-21/h3-12,17-18H,13-16H2,1-2H3. The molecule has 2 heterocycles. The van der Waals surface area contributed by atoms with E-state index in [9.17, 15) is 4.79 Å². The maximum absolute atomic E-state index is 13.0. The highest BCUT2D eigenvalue weighted by atomic mass is 16.5. The van der Waals surface area contributed by atoms with Crippen molar-refractivity contribution < 1.29 is 14.3 Å². The zero-order valence-electron chi connectivity index (χ0n) is 19.3. The van der Waals surface area contributed by atoms with Gasteiger partial charge in [0, 0.05) is 37.3 Å². The molecule has 5 rings (SSSR count). The highest BCUT2D eigenvalue weighted by Crippen LogP contribution is 2.28. The average molecular weight is 455 g/mol. The SMILES string of the molecule is COc1ccc(C(=O)N2CCN(c3ccc(-c4ccc5ccccc5c4)nn3)CC2)cc1OC. The number of hydrogen-bond donors (Lipinski definition) is 0. The van der Waals surface area contributed by atoms with Crippen molar-refractivity contribution >= 4 is 22.5 Å². The van der Waals surface area contributed by atoms with Crippen LogP contribution < -0.4 is 14.4 Å². The van der Waals surface area contributed by atoms with Crippen molar-refractivity contribution in [3.63, 3.8) is 0 Å². The first-order chi connectivity index (χ1) is 16.7. The molecule has 1 aliphatic heterocycles. The summed E-state index contributed by atoms with van der Waals surface area (Å²) >= 11 is 0. The fourth-order valence-electron chi connectivity index (χ4n) is 4.29. The van der Waals surface area contributed by atoms with E-state index in [1.54, 1.807) is 32.4 Å². The van der Waals surface area contributed by atoms with E-state index in [2.05, 4.69) is 45.4 Å². The molecule has 34 heavy (non-hydrogen) atoms. The number of benzene rings is 3. The first-order valence-corrected chi connectivity index (χ1v) is 11.3. The van der Waals surface area contributed by atoms with E-state index in [1.807, 2.05) is 29.2 Å². The Hall–Kier alpha value is -4.13. The van der Waals surface area contributed by atoms with Crippen LogP contribution in [0.5, 0.6) is 11.5 Å². The predicted octanol–water partition coefficient (Wildman–Crippen LogP) is 4.28. The summed E-state index contributed by atoms with van der Waals surface area (Å²) in [5, 5.41) is 11.3. The van der Waals surface area contributed by atoms with Gasteiger partial charge in [0.05, 0.1) is 19.9 Å². The Balaban J connectivity index is 1.24. The van der Waals surface area contributed by atoms with Gasteiger partial charge in [-0.15, -0.1) is 10.2 Å². The molecule has 1 saturated heterocycles. The number of amides is 1. The summed E-state index contributed by atoms with van der Waals surface area (Å²) in [6, 6.07) is 23.9. The fraction of sp³-hybridized carbons (Fsp3) is 0.222. The van der Waals surface area contributed by atoms with Crippen LogP contribution in [0.3, 0.4) is 0 Å². The second-order valence-electron chi connectivity index (χ2n) is 8.19. The van der Waals surface area contributed by atoms with Gasteiger partial charge in [-0.3, -0.25) is 4.79 Å². The molecule has 7 nitrogen and oxygen atoms in total. The third-order valence-electron chi connectivity index (χ3n) is 6.22. The number of rotatable bonds is 5. The molecule has 0 aliphatic carbocycles. The summed E-state index contributed by atoms with van der Waals surface area (Å²) < 4.78 is 10.6. The minimum absolute atomic E-state index is 0.0154. The monoisotopic (exact) mass is 454 g/mol. The molecule has 0 saturated carbocycles. The van der Waals surface area contributed by atoms with Gasteiger partial charge in [-0.05, 0) is 47.2 Å². The second kappa shape index (κ2) is 9.39. The highest BCUT2D eigenvalue weighted by molar-refractivity contribution is 5.95. The molecule has 0 spiro atoms. The number of carbonyl (C=O) groups is 1. The summed E-state index contributed by atoms with van der Waals surface area (Å²) in [6.07, 6.45) is 0. The molecule has 0 N–H and O–H groups in total. The first-order valence-electron chi connectivity index (χ1n) is 11.3. The van der Waals surface area contributed by atoms with Crippen molar-refractivity contribution in [2.24, 2.45) is 0 Å². The van der Waals surface area contributed by atoms with E-state index >= 15 is 0 Å². The lowest BCUT2D eigenvalue weighted by molar-refractivity contribution is 0.0746. The number of nitrogens with zero attached hydrogens (tertiary/aromatic N) is 4. The predicted molar refractivity (Wildman–Crippen MR) is 133 cm³/mol. The van der Waals surface area contributed by atoms with Gasteiger partial charge in [-0.25, -0.2) is 0 Å². The van der Waals surface area contributed by atoms with Crippen LogP contribution in [0.2, 0.25) is 0 Å². The summed E-state index contributed by atoms with van der Waals surface area (Å²) in [5.41, 5.74) is 2.48. The van der Waals surface area contributed by atoms with Gasteiger partial charge in [-0.1, -0.05) is 36.4 Å². The van der Waals surface area contributed by atoms with E-state index in [-0.39, 0.29) is 5.91 Å². The fourth-order valence-corrected chi connectivity index (χ4v) is 4.29. The number of hydrogen-bond acceptors (Lipinski definition) is 6. The van der Waals surface area contributed by atoms with E-state index in [0.29, 0.717) is 43.2 Å². The molecule has 1 aromatic heterocycles. The minimum Gasteiger partial charge on any atom is -0.493 e. The molecule has 0 radical (unpaired) electrons. The van der Waals surface area contributed by atoms with Crippen molar-refractivity contribution in [2.75, 3.05) is 45.3 Å². The molecule has 1 amide bonds. The Kier molecular flexibility index (Phi) is 5.99. The molecule has 4 aromatic rings. The topological polar surface area (TPSA) is 67.8 Å². The van der Waals surface area contributed by atoms with Crippen LogP contribution in [-0.4, -0.2) is 61.4 Å². The number of methoxy groups -OCH3 is 2. The first kappa shape index (κ1) is 21.7. The van der Waals surface area contributed by atoms with E-state index in [0.717, 1.165) is 17.1 Å². The van der Waals surface area contributed by atoms with Crippen LogP contribution in [0.1, 0.15) is 10.4 Å². The highest BCUT2D eigenvalue weighted by Gasteiger charge is 2.24. The van der Waals surface area contributed by atoms with Crippen molar-refractivity contribution in [3.05, 3.63) is 78.4 Å². The van der Waals surface area contributed by atoms with E-state index in [4.69, 9.17) is 9.47 Å². The molecule has 1 fully saturated rings. The molecule has 0 atom stereocenters. The summed E-state index contributed by atoms with van der Waals surface area (Å²) in [4.78, 5) is 17.0. The maximum Gasteiger partial charge on any atom is 0.254 e. The molecule has 172 valence electrons. The van der Waals surface area contributed by atoms with Crippen LogP contribution in [0, 0.1) is 0 Å². The number of anilines is 1. The number of ether oxygens (including phenoxy) is 2. The molecule has 7 heteroatoms. The number of piperazine rings is 1. The molecular formula is C27H26N4O3. The summed E-state index contributed by atoms with van der Waals surface area (Å²) in [5.74, 6) is 1.96. The number of fused-ring (bicyclic) bond motifs is 1. The normalized spacial score (nSPS) is 13.7. The van der Waals surface area contributed by atoms with Crippen molar-refractivity contribution in [3.8, 4) is 22.8 Å². The van der Waals surface area contributed by atoms with E-state index in [1.165, 1.54) is 10.8 Å². The lowest BCUT2D eigenvalue weighted by atomic mass is 10.1. The van der Waals surface area contributed by atoms with Crippen LogP contribution >= 0.6 is 0 Å². The molecule has 1 aliphatic rings. The molecule has 3 aromatic carbocycles. The number of carbonyl (C=O) groups excluding carboxylic acids is 1. The smallest absolute Gasteiger partial charge is 0.254 e. The second-order valence-corrected chi connectivity index (χ2v) is 8.19. The number of aromatic nitrogens is 2. The molecule has 0 unspecified atom stereocenters. The molecule has 0 bridgehead atoms. The zero-order chi connectivity index (χ0) is 23.5. The van der Waals surface area contributed by atoms with Crippen molar-refractivity contribution in [2.45, 2.75) is 0 Å². The minimum atomic E-state index is -0.0154. The Morgan fingerprint density at radius 2 is 1.53 bits per heavy atom. The Bertz CT molecular complexity index is 1320. The Morgan fingerprint density at radius 1 is 0.765 bits per heavy atom. The van der Waals surface area contributed by atoms with Crippen molar-refractivity contribution in [1.29, 1.82) is 0 Å². The average Bonchev–Trinajstić information content (AvgIpc) is 2.92. The Morgan fingerprint density at radius 3 is 2.24 bits per heavy atom. The van der Waals surface area contributed by atoms with Crippen LogP contribution in [-0.2, 0) is 0 Å². The van der Waals surface area contributed by atoms with Gasteiger partial charge in [0.15, 0.2) is 17.3 Å². The largest absolute Gasteiger partial charge is 0.493 e. The van der Waals surface area contributed by atoms with Gasteiger partial charge in [-0.2, -0.15) is 0 Å². The Labute approximate surface area is 198 Å². The van der Waals surface area contributed by atoms with Crippen LogP contribution in [0.4, 0.5) is 5.82 Å². The van der Waals surface area contributed by atoms with Gasteiger partial charge >= 0.3 is 0 Å². The summed E-state index contributed by atoms with van der Waals surface area (Å²) in [7, 11) is 3.15. The van der Waals surface area contributed by atoms with Gasteiger partial charge in [0.1, 0.15) is 0 Å². The quantitative estimate of drug-likeness (QED) is 0.449. The van der Waals surface area contributed by atoms with Crippen LogP contribution in [0.15, 0.2) is 72.8 Å². The maximum atomic E-state index is 13.0. The van der Waals surface area contributed by atoms with Gasteiger partial charge in [0.25, 0.3) is 5.91 Å². The van der Waals surface area contributed by atoms with Gasteiger partial charge in [0.2, 0.25) is 0 Å². The third-order valence-corrected chi connectivity index (χ3v) is 6.22. The summed E-state index contributed by atoms with van der Waals surface area (Å²) in [6.45, 7) is 2.62. The third kappa shape index (κ3) is 4.24. The van der Waals surface area contributed by atoms with Gasteiger partial charge < -0.3 is 19.3 Å².